The van der Waals surface area contributed by atoms with Crippen LogP contribution in [0.15, 0.2) is 59.1 Å². The molecular weight excluding hydrogens is 390 g/mol. The largest absolute Gasteiger partial charge is 0.113 e. The molecule has 3 aromatic rings. The maximum atomic E-state index is 6.70. The van der Waals surface area contributed by atoms with E-state index in [-0.39, 0.29) is 5.38 Å². The highest BCUT2D eigenvalue weighted by Gasteiger charge is 2.17. The fourth-order valence-corrected chi connectivity index (χ4v) is 4.03. The molecule has 3 rings (SSSR count). The Kier molecular flexibility index (Phi) is 4.46. The number of hydrogen-bond acceptors (Lipinski definition) is 0. The smallest absolute Gasteiger partial charge is 0.0852 e. The van der Waals surface area contributed by atoms with Crippen LogP contribution < -0.4 is 0 Å². The second-order valence-corrected chi connectivity index (χ2v) is 6.84. The van der Waals surface area contributed by atoms with E-state index in [0.717, 1.165) is 31.4 Å². The predicted octanol–water partition coefficient (Wildman–Crippen LogP) is 7.24. The zero-order valence-electron chi connectivity index (χ0n) is 10.8. The molecule has 1 unspecified atom stereocenters. The van der Waals surface area contributed by atoms with Crippen LogP contribution in [0.25, 0.3) is 10.8 Å². The number of fused-ring (bicyclic) bond motifs is 1. The van der Waals surface area contributed by atoms with Crippen molar-refractivity contribution in [1.29, 1.82) is 0 Å². The lowest BCUT2D eigenvalue weighted by atomic mass is 9.98. The van der Waals surface area contributed by atoms with E-state index in [9.17, 15) is 0 Å². The Hall–Kier alpha value is -0.730. The summed E-state index contributed by atoms with van der Waals surface area (Å²) in [6.07, 6.45) is 0. The minimum Gasteiger partial charge on any atom is -0.113 e. The summed E-state index contributed by atoms with van der Waals surface area (Å²) >= 11 is 22.5. The van der Waals surface area contributed by atoms with Gasteiger partial charge in [0.1, 0.15) is 0 Å². The Morgan fingerprint density at radius 2 is 1.48 bits per heavy atom. The molecule has 21 heavy (non-hydrogen) atoms. The highest BCUT2D eigenvalue weighted by Crippen LogP contribution is 2.39. The van der Waals surface area contributed by atoms with Crippen LogP contribution >= 0.6 is 50.7 Å². The minimum absolute atomic E-state index is 0.279. The van der Waals surface area contributed by atoms with Crippen molar-refractivity contribution in [1.82, 2.24) is 0 Å². The molecule has 0 amide bonds. The van der Waals surface area contributed by atoms with Gasteiger partial charge in [-0.1, -0.05) is 75.5 Å². The minimum atomic E-state index is -0.279. The summed E-state index contributed by atoms with van der Waals surface area (Å²) in [7, 11) is 0. The molecule has 0 saturated heterocycles. The summed E-state index contributed by atoms with van der Waals surface area (Å²) in [5.41, 5.74) is 2.01. The molecule has 3 aromatic carbocycles. The van der Waals surface area contributed by atoms with Crippen molar-refractivity contribution in [2.75, 3.05) is 0 Å². The van der Waals surface area contributed by atoms with Gasteiger partial charge in [0, 0.05) is 19.9 Å². The first-order chi connectivity index (χ1) is 10.1. The Labute approximate surface area is 146 Å². The predicted molar refractivity (Wildman–Crippen MR) is 95.8 cm³/mol. The van der Waals surface area contributed by atoms with E-state index in [1.807, 2.05) is 54.6 Å². The first kappa shape index (κ1) is 15.2. The van der Waals surface area contributed by atoms with E-state index in [1.165, 1.54) is 0 Å². The van der Waals surface area contributed by atoms with Gasteiger partial charge in [0.15, 0.2) is 0 Å². The van der Waals surface area contributed by atoms with Gasteiger partial charge in [-0.3, -0.25) is 0 Å². The highest BCUT2D eigenvalue weighted by molar-refractivity contribution is 9.10. The molecule has 4 heteroatoms. The van der Waals surface area contributed by atoms with Gasteiger partial charge in [-0.25, -0.2) is 0 Å². The molecule has 0 aliphatic carbocycles. The third kappa shape index (κ3) is 2.93. The van der Waals surface area contributed by atoms with Crippen LogP contribution in [0.4, 0.5) is 0 Å². The zero-order chi connectivity index (χ0) is 15.0. The van der Waals surface area contributed by atoms with Crippen LogP contribution in [0.2, 0.25) is 10.0 Å². The fourth-order valence-electron chi connectivity index (χ4n) is 2.38. The number of rotatable bonds is 2. The van der Waals surface area contributed by atoms with Gasteiger partial charge in [-0.15, -0.1) is 11.6 Å². The summed E-state index contributed by atoms with van der Waals surface area (Å²) < 4.78 is 0.897. The van der Waals surface area contributed by atoms with E-state index < -0.39 is 0 Å². The average molecular weight is 401 g/mol. The zero-order valence-corrected chi connectivity index (χ0v) is 14.6. The fraction of sp³-hybridized carbons (Fsp3) is 0.0588. The number of alkyl halides is 1. The molecule has 0 heterocycles. The van der Waals surface area contributed by atoms with Gasteiger partial charge in [-0.05, 0) is 34.7 Å². The van der Waals surface area contributed by atoms with Crippen LogP contribution in [-0.2, 0) is 0 Å². The third-order valence-corrected chi connectivity index (χ3v) is 5.13. The van der Waals surface area contributed by atoms with E-state index in [2.05, 4.69) is 15.9 Å². The van der Waals surface area contributed by atoms with E-state index in [0.29, 0.717) is 5.02 Å². The van der Waals surface area contributed by atoms with E-state index in [1.54, 1.807) is 0 Å². The summed E-state index contributed by atoms with van der Waals surface area (Å²) in [4.78, 5) is 0. The van der Waals surface area contributed by atoms with Crippen molar-refractivity contribution < 1.29 is 0 Å². The van der Waals surface area contributed by atoms with Crippen molar-refractivity contribution in [3.8, 4) is 0 Å². The van der Waals surface area contributed by atoms with E-state index in [4.69, 9.17) is 34.8 Å². The first-order valence-electron chi connectivity index (χ1n) is 6.34. The molecule has 106 valence electrons. The van der Waals surface area contributed by atoms with Gasteiger partial charge in [0.05, 0.1) is 5.38 Å². The van der Waals surface area contributed by atoms with Crippen LogP contribution in [-0.4, -0.2) is 0 Å². The standard InChI is InChI=1S/C17H10BrCl3/c18-15-9-10(19)5-6-14(15)17(21)13-7-8-16(20)12-4-2-1-3-11(12)13/h1-9,17H. The van der Waals surface area contributed by atoms with Crippen LogP contribution in [0.1, 0.15) is 16.5 Å². The molecule has 0 spiro atoms. The number of hydrogen-bond donors (Lipinski definition) is 0. The Bertz CT molecular complexity index is 814. The first-order valence-corrected chi connectivity index (χ1v) is 8.32. The molecular formula is C17H10BrCl3. The van der Waals surface area contributed by atoms with Gasteiger partial charge in [0.25, 0.3) is 0 Å². The Morgan fingerprint density at radius 1 is 0.810 bits per heavy atom. The van der Waals surface area contributed by atoms with Gasteiger partial charge in [0.2, 0.25) is 0 Å². The summed E-state index contributed by atoms with van der Waals surface area (Å²) in [6.45, 7) is 0. The second-order valence-electron chi connectivity index (χ2n) is 4.71. The lowest BCUT2D eigenvalue weighted by molar-refractivity contribution is 1.15. The Balaban J connectivity index is 2.18. The molecule has 0 aliphatic rings. The van der Waals surface area contributed by atoms with Gasteiger partial charge < -0.3 is 0 Å². The van der Waals surface area contributed by atoms with Crippen LogP contribution in [0.3, 0.4) is 0 Å². The molecule has 0 bridgehead atoms. The van der Waals surface area contributed by atoms with Gasteiger partial charge >= 0.3 is 0 Å². The van der Waals surface area contributed by atoms with Crippen LogP contribution in [0, 0.1) is 0 Å². The highest BCUT2D eigenvalue weighted by atomic mass is 79.9. The molecule has 0 N–H and O–H groups in total. The summed E-state index contributed by atoms with van der Waals surface area (Å²) in [5, 5.41) is 3.20. The maximum absolute atomic E-state index is 6.70. The lowest BCUT2D eigenvalue weighted by Crippen LogP contribution is -1.96. The molecule has 0 fully saturated rings. The van der Waals surface area contributed by atoms with Crippen molar-refractivity contribution >= 4 is 61.5 Å². The SMILES string of the molecule is Clc1ccc(C(Cl)c2ccc(Cl)c3ccccc23)c(Br)c1. The molecule has 0 aliphatic heterocycles. The van der Waals surface area contributed by atoms with Gasteiger partial charge in [-0.2, -0.15) is 0 Å². The van der Waals surface area contributed by atoms with Crippen LogP contribution in [0.5, 0.6) is 0 Å². The quantitative estimate of drug-likeness (QED) is 0.398. The summed E-state index contributed by atoms with van der Waals surface area (Å²) in [5.74, 6) is 0. The average Bonchev–Trinajstić information content (AvgIpc) is 2.47. The lowest BCUT2D eigenvalue weighted by Gasteiger charge is -2.16. The molecule has 0 saturated carbocycles. The monoisotopic (exact) mass is 398 g/mol. The maximum Gasteiger partial charge on any atom is 0.0852 e. The van der Waals surface area contributed by atoms with Crippen molar-refractivity contribution in [2.45, 2.75) is 5.38 Å². The number of halogens is 4. The van der Waals surface area contributed by atoms with Crippen molar-refractivity contribution in [2.24, 2.45) is 0 Å². The molecule has 0 nitrogen and oxygen atoms in total. The van der Waals surface area contributed by atoms with Crippen molar-refractivity contribution in [3.05, 3.63) is 80.2 Å². The van der Waals surface area contributed by atoms with E-state index >= 15 is 0 Å². The molecule has 0 aromatic heterocycles. The third-order valence-electron chi connectivity index (χ3n) is 3.41. The topological polar surface area (TPSA) is 0 Å². The van der Waals surface area contributed by atoms with Crippen molar-refractivity contribution in [3.63, 3.8) is 0 Å². The number of benzene rings is 3. The summed E-state index contributed by atoms with van der Waals surface area (Å²) in [6, 6.07) is 17.5. The normalized spacial score (nSPS) is 12.6. The molecule has 1 atom stereocenters. The second kappa shape index (κ2) is 6.18. The molecule has 0 radical (unpaired) electrons. The Morgan fingerprint density at radius 3 is 2.19 bits per heavy atom.